The minimum Gasteiger partial charge on any atom is -0.378 e. The van der Waals surface area contributed by atoms with E-state index in [0.717, 1.165) is 33.4 Å². The molecule has 2 atom stereocenters. The Hall–Kier alpha value is -2.59. The van der Waals surface area contributed by atoms with Crippen LogP contribution in [0.4, 0.5) is 11.4 Å². The molecule has 0 spiro atoms. The van der Waals surface area contributed by atoms with Crippen LogP contribution in [0.3, 0.4) is 0 Å². The molecule has 0 unspecified atom stereocenters. The summed E-state index contributed by atoms with van der Waals surface area (Å²) in [5, 5.41) is 3.64. The monoisotopic (exact) mass is 420 g/mol. The Bertz CT molecular complexity index is 940. The predicted molar refractivity (Wildman–Crippen MR) is 114 cm³/mol. The highest BCUT2D eigenvalue weighted by Crippen LogP contribution is 2.39. The van der Waals surface area contributed by atoms with Gasteiger partial charge in [0.25, 0.3) is 5.91 Å². The van der Waals surface area contributed by atoms with Gasteiger partial charge in [0, 0.05) is 27.5 Å². The summed E-state index contributed by atoms with van der Waals surface area (Å²) in [6.45, 7) is 2.12. The number of nitrogens with zero attached hydrogens (tertiary/aromatic N) is 1. The summed E-state index contributed by atoms with van der Waals surface area (Å²) < 4.78 is 1.06. The van der Waals surface area contributed by atoms with Crippen LogP contribution in [0.2, 0.25) is 0 Å². The fourth-order valence-corrected chi connectivity index (χ4v) is 3.99. The number of hydrogen-bond donors (Lipinski definition) is 1. The fraction of sp³-hybridized carbons (Fsp3) is 0.174. The van der Waals surface area contributed by atoms with E-state index in [2.05, 4.69) is 46.4 Å². The Morgan fingerprint density at radius 3 is 2.37 bits per heavy atom. The first-order valence-electron chi connectivity index (χ1n) is 9.13. The molecule has 4 rings (SSSR count). The van der Waals surface area contributed by atoms with Crippen molar-refractivity contribution in [2.45, 2.75) is 25.4 Å². The van der Waals surface area contributed by atoms with E-state index in [1.807, 2.05) is 65.6 Å². The number of halogens is 1. The summed E-state index contributed by atoms with van der Waals surface area (Å²) >= 11 is 3.48. The minimum absolute atomic E-state index is 0.0534. The van der Waals surface area contributed by atoms with Gasteiger partial charge in [-0.2, -0.15) is 0 Å². The second-order valence-electron chi connectivity index (χ2n) is 6.89. The van der Waals surface area contributed by atoms with Crippen molar-refractivity contribution >= 4 is 33.2 Å². The quantitative estimate of drug-likeness (QED) is 0.559. The Kier molecular flexibility index (Phi) is 4.99. The number of amides is 1. The molecule has 0 fully saturated rings. The number of hydrogen-bond acceptors (Lipinski definition) is 2. The fourth-order valence-electron chi connectivity index (χ4n) is 3.73. The van der Waals surface area contributed by atoms with E-state index in [1.165, 1.54) is 0 Å². The van der Waals surface area contributed by atoms with Crippen LogP contribution in [0.5, 0.6) is 0 Å². The molecule has 1 aliphatic heterocycles. The third-order valence-corrected chi connectivity index (χ3v) is 5.54. The number of benzene rings is 3. The van der Waals surface area contributed by atoms with Crippen molar-refractivity contribution in [3.05, 3.63) is 94.5 Å². The van der Waals surface area contributed by atoms with Gasteiger partial charge in [0.2, 0.25) is 0 Å². The molecule has 1 amide bonds. The number of para-hydroxylation sites is 1. The summed E-state index contributed by atoms with van der Waals surface area (Å²) in [4.78, 5) is 15.1. The molecule has 0 aromatic heterocycles. The SMILES string of the molecule is C[C@H]1C[C@@H](Nc2ccc(Br)cc2)c2ccccc2N1C(=O)c1ccccc1. The third-order valence-electron chi connectivity index (χ3n) is 5.01. The zero-order chi connectivity index (χ0) is 18.8. The first-order valence-corrected chi connectivity index (χ1v) is 9.92. The minimum atomic E-state index is 0.0534. The number of anilines is 2. The van der Waals surface area contributed by atoms with Crippen LogP contribution in [0.25, 0.3) is 0 Å². The summed E-state index contributed by atoms with van der Waals surface area (Å²) in [5.41, 5.74) is 3.94. The maximum Gasteiger partial charge on any atom is 0.258 e. The molecule has 3 aromatic carbocycles. The molecule has 1 heterocycles. The molecule has 27 heavy (non-hydrogen) atoms. The molecule has 0 radical (unpaired) electrons. The van der Waals surface area contributed by atoms with Gasteiger partial charge in [-0.15, -0.1) is 0 Å². The number of fused-ring (bicyclic) bond motifs is 1. The average Bonchev–Trinajstić information content (AvgIpc) is 2.70. The van der Waals surface area contributed by atoms with Crippen molar-refractivity contribution in [1.82, 2.24) is 0 Å². The molecule has 0 aliphatic carbocycles. The van der Waals surface area contributed by atoms with Crippen LogP contribution in [0.15, 0.2) is 83.3 Å². The van der Waals surface area contributed by atoms with Crippen LogP contribution in [0.1, 0.15) is 35.3 Å². The van der Waals surface area contributed by atoms with E-state index < -0.39 is 0 Å². The molecule has 0 bridgehead atoms. The summed E-state index contributed by atoms with van der Waals surface area (Å²) in [6, 6.07) is 26.2. The lowest BCUT2D eigenvalue weighted by Crippen LogP contribution is -2.44. The Labute approximate surface area is 168 Å². The zero-order valence-corrected chi connectivity index (χ0v) is 16.7. The smallest absolute Gasteiger partial charge is 0.258 e. The second kappa shape index (κ2) is 7.57. The highest BCUT2D eigenvalue weighted by atomic mass is 79.9. The van der Waals surface area contributed by atoms with Crippen molar-refractivity contribution in [3.8, 4) is 0 Å². The normalized spacial score (nSPS) is 18.7. The molecule has 1 aliphatic rings. The van der Waals surface area contributed by atoms with Gasteiger partial charge >= 0.3 is 0 Å². The van der Waals surface area contributed by atoms with Gasteiger partial charge in [0.05, 0.1) is 6.04 Å². The van der Waals surface area contributed by atoms with Gasteiger partial charge in [-0.1, -0.05) is 52.3 Å². The largest absolute Gasteiger partial charge is 0.378 e. The number of rotatable bonds is 3. The first-order chi connectivity index (χ1) is 13.1. The summed E-state index contributed by atoms with van der Waals surface area (Å²) in [5.74, 6) is 0.0534. The Morgan fingerprint density at radius 1 is 0.963 bits per heavy atom. The van der Waals surface area contributed by atoms with E-state index in [4.69, 9.17) is 0 Å². The van der Waals surface area contributed by atoms with Crippen LogP contribution >= 0.6 is 15.9 Å². The highest BCUT2D eigenvalue weighted by molar-refractivity contribution is 9.10. The van der Waals surface area contributed by atoms with Crippen LogP contribution in [0, 0.1) is 0 Å². The number of carbonyl (C=O) groups excluding carboxylic acids is 1. The van der Waals surface area contributed by atoms with E-state index in [9.17, 15) is 4.79 Å². The molecule has 136 valence electrons. The lowest BCUT2D eigenvalue weighted by Gasteiger charge is -2.40. The Morgan fingerprint density at radius 2 is 1.63 bits per heavy atom. The topological polar surface area (TPSA) is 32.3 Å². The molecule has 4 heteroatoms. The van der Waals surface area contributed by atoms with E-state index in [1.54, 1.807) is 0 Å². The van der Waals surface area contributed by atoms with Gasteiger partial charge in [0.1, 0.15) is 0 Å². The molecular weight excluding hydrogens is 400 g/mol. The predicted octanol–water partition coefficient (Wildman–Crippen LogP) is 6.04. The van der Waals surface area contributed by atoms with Gasteiger partial charge < -0.3 is 10.2 Å². The van der Waals surface area contributed by atoms with E-state index in [-0.39, 0.29) is 18.0 Å². The molecule has 3 aromatic rings. The van der Waals surface area contributed by atoms with Crippen LogP contribution in [-0.4, -0.2) is 11.9 Å². The van der Waals surface area contributed by atoms with Crippen LogP contribution < -0.4 is 10.2 Å². The molecule has 0 saturated heterocycles. The maximum absolute atomic E-state index is 13.2. The first kappa shape index (κ1) is 17.8. The van der Waals surface area contributed by atoms with Crippen molar-refractivity contribution in [3.63, 3.8) is 0 Å². The molecule has 0 saturated carbocycles. The average molecular weight is 421 g/mol. The highest BCUT2D eigenvalue weighted by Gasteiger charge is 2.33. The van der Waals surface area contributed by atoms with E-state index >= 15 is 0 Å². The van der Waals surface area contributed by atoms with Gasteiger partial charge in [-0.3, -0.25) is 4.79 Å². The zero-order valence-electron chi connectivity index (χ0n) is 15.1. The van der Waals surface area contributed by atoms with Gasteiger partial charge in [-0.25, -0.2) is 0 Å². The third kappa shape index (κ3) is 3.62. The van der Waals surface area contributed by atoms with Crippen molar-refractivity contribution in [2.24, 2.45) is 0 Å². The lowest BCUT2D eigenvalue weighted by molar-refractivity contribution is 0.0974. The van der Waals surface area contributed by atoms with Crippen molar-refractivity contribution < 1.29 is 4.79 Å². The number of carbonyl (C=O) groups is 1. The standard InChI is InChI=1S/C23H21BrN2O/c1-16-15-21(25-19-13-11-18(24)12-14-19)20-9-5-6-10-22(20)26(16)23(27)17-7-3-2-4-8-17/h2-14,16,21,25H,15H2,1H3/t16-,21+/m0/s1. The second-order valence-corrected chi connectivity index (χ2v) is 7.80. The maximum atomic E-state index is 13.2. The van der Waals surface area contributed by atoms with Crippen molar-refractivity contribution in [1.29, 1.82) is 0 Å². The number of nitrogens with one attached hydrogen (secondary N) is 1. The molecule has 1 N–H and O–H groups in total. The van der Waals surface area contributed by atoms with Gasteiger partial charge in [0.15, 0.2) is 0 Å². The van der Waals surface area contributed by atoms with Crippen LogP contribution in [-0.2, 0) is 0 Å². The van der Waals surface area contributed by atoms with Crippen molar-refractivity contribution in [2.75, 3.05) is 10.2 Å². The Balaban J connectivity index is 1.68. The summed E-state index contributed by atoms with van der Waals surface area (Å²) in [6.07, 6.45) is 0.853. The summed E-state index contributed by atoms with van der Waals surface area (Å²) in [7, 11) is 0. The molecule has 3 nitrogen and oxygen atoms in total. The van der Waals surface area contributed by atoms with Gasteiger partial charge in [-0.05, 0) is 61.4 Å². The lowest BCUT2D eigenvalue weighted by atomic mass is 9.90. The molecular formula is C23H21BrN2O. The van der Waals surface area contributed by atoms with E-state index in [0.29, 0.717) is 0 Å².